The summed E-state index contributed by atoms with van der Waals surface area (Å²) in [7, 11) is 1.68. The Bertz CT molecular complexity index is 929. The SMILES string of the molecule is COc1ccc2[nH]cc(CCNCc3ccc(/C=C/C(=O)NO)cc3)c2c1. The van der Waals surface area contributed by atoms with Gasteiger partial charge in [0, 0.05) is 29.7 Å². The van der Waals surface area contributed by atoms with Crippen LogP contribution in [0.2, 0.25) is 0 Å². The van der Waals surface area contributed by atoms with E-state index in [1.807, 2.05) is 36.4 Å². The second kappa shape index (κ2) is 9.02. The summed E-state index contributed by atoms with van der Waals surface area (Å²) in [6, 6.07) is 13.9. The average Bonchev–Trinajstić information content (AvgIpc) is 3.12. The Morgan fingerprint density at radius 2 is 2.04 bits per heavy atom. The fraction of sp³-hybridized carbons (Fsp3) is 0.190. The van der Waals surface area contributed by atoms with Gasteiger partial charge in [-0.05, 0) is 53.9 Å². The number of fused-ring (bicyclic) bond motifs is 1. The Kier molecular flexibility index (Phi) is 6.25. The third-order valence-electron chi connectivity index (χ3n) is 4.39. The molecule has 2 aromatic carbocycles. The van der Waals surface area contributed by atoms with E-state index in [9.17, 15) is 4.79 Å². The van der Waals surface area contributed by atoms with E-state index in [1.54, 1.807) is 18.7 Å². The van der Waals surface area contributed by atoms with Gasteiger partial charge in [-0.2, -0.15) is 0 Å². The lowest BCUT2D eigenvalue weighted by molar-refractivity contribution is -0.124. The van der Waals surface area contributed by atoms with Crippen LogP contribution in [0.1, 0.15) is 16.7 Å². The van der Waals surface area contributed by atoms with Crippen LogP contribution < -0.4 is 15.5 Å². The van der Waals surface area contributed by atoms with Crippen molar-refractivity contribution in [1.82, 2.24) is 15.8 Å². The highest BCUT2D eigenvalue weighted by atomic mass is 16.5. The van der Waals surface area contributed by atoms with Crippen molar-refractivity contribution in [2.45, 2.75) is 13.0 Å². The van der Waals surface area contributed by atoms with E-state index in [2.05, 4.69) is 22.6 Å². The van der Waals surface area contributed by atoms with E-state index in [-0.39, 0.29) is 0 Å². The largest absolute Gasteiger partial charge is 0.497 e. The Hall–Kier alpha value is -3.09. The van der Waals surface area contributed by atoms with Crippen LogP contribution in [0.3, 0.4) is 0 Å². The number of hydrogen-bond donors (Lipinski definition) is 4. The van der Waals surface area contributed by atoms with E-state index >= 15 is 0 Å². The molecule has 6 nitrogen and oxygen atoms in total. The van der Waals surface area contributed by atoms with Gasteiger partial charge in [0.25, 0.3) is 5.91 Å². The first-order valence-electron chi connectivity index (χ1n) is 8.75. The number of aromatic nitrogens is 1. The summed E-state index contributed by atoms with van der Waals surface area (Å²) in [6.07, 6.45) is 5.90. The van der Waals surface area contributed by atoms with E-state index in [4.69, 9.17) is 9.94 Å². The van der Waals surface area contributed by atoms with Crippen LogP contribution in [0, 0.1) is 0 Å². The number of hydrogen-bond acceptors (Lipinski definition) is 4. The molecule has 0 saturated carbocycles. The molecule has 0 aliphatic heterocycles. The average molecular weight is 365 g/mol. The van der Waals surface area contributed by atoms with Crippen LogP contribution in [-0.2, 0) is 17.8 Å². The van der Waals surface area contributed by atoms with Gasteiger partial charge in [-0.1, -0.05) is 24.3 Å². The molecule has 3 aromatic rings. The molecule has 0 atom stereocenters. The van der Waals surface area contributed by atoms with Gasteiger partial charge >= 0.3 is 0 Å². The minimum absolute atomic E-state index is 0.546. The molecule has 1 amide bonds. The molecular weight excluding hydrogens is 342 g/mol. The number of amides is 1. The molecule has 3 rings (SSSR count). The van der Waals surface area contributed by atoms with Gasteiger partial charge in [-0.3, -0.25) is 10.0 Å². The molecule has 0 aliphatic carbocycles. The molecule has 6 heteroatoms. The lowest BCUT2D eigenvalue weighted by Gasteiger charge is -2.06. The summed E-state index contributed by atoms with van der Waals surface area (Å²) in [4.78, 5) is 14.3. The highest BCUT2D eigenvalue weighted by Crippen LogP contribution is 2.23. The molecule has 0 saturated heterocycles. The number of carbonyl (C=O) groups excluding carboxylic acids is 1. The molecule has 0 radical (unpaired) electrons. The van der Waals surface area contributed by atoms with Crippen molar-refractivity contribution >= 4 is 22.9 Å². The maximum absolute atomic E-state index is 11.0. The zero-order chi connectivity index (χ0) is 19.1. The highest BCUT2D eigenvalue weighted by Gasteiger charge is 2.05. The first-order chi connectivity index (χ1) is 13.2. The lowest BCUT2D eigenvalue weighted by Crippen LogP contribution is -2.16. The van der Waals surface area contributed by atoms with Crippen molar-refractivity contribution in [3.8, 4) is 5.75 Å². The topological polar surface area (TPSA) is 86.4 Å². The van der Waals surface area contributed by atoms with Gasteiger partial charge in [0.15, 0.2) is 0 Å². The zero-order valence-electron chi connectivity index (χ0n) is 15.2. The second-order valence-corrected chi connectivity index (χ2v) is 6.20. The summed E-state index contributed by atoms with van der Waals surface area (Å²) >= 11 is 0. The monoisotopic (exact) mass is 365 g/mol. The van der Waals surface area contributed by atoms with Gasteiger partial charge in [-0.25, -0.2) is 5.48 Å². The molecule has 1 aromatic heterocycles. The molecule has 1 heterocycles. The molecule has 0 fully saturated rings. The second-order valence-electron chi connectivity index (χ2n) is 6.20. The van der Waals surface area contributed by atoms with Gasteiger partial charge in [-0.15, -0.1) is 0 Å². The van der Waals surface area contributed by atoms with Crippen molar-refractivity contribution in [1.29, 1.82) is 0 Å². The third-order valence-corrected chi connectivity index (χ3v) is 4.39. The summed E-state index contributed by atoms with van der Waals surface area (Å²) in [5, 5.41) is 13.1. The molecule has 4 N–H and O–H groups in total. The normalized spacial score (nSPS) is 11.2. The van der Waals surface area contributed by atoms with Crippen LogP contribution in [0.4, 0.5) is 0 Å². The van der Waals surface area contributed by atoms with Gasteiger partial charge in [0.05, 0.1) is 7.11 Å². The molecule has 0 spiro atoms. The highest BCUT2D eigenvalue weighted by molar-refractivity contribution is 5.90. The van der Waals surface area contributed by atoms with Gasteiger partial charge in [0.2, 0.25) is 0 Å². The van der Waals surface area contributed by atoms with E-state index in [0.717, 1.165) is 36.3 Å². The van der Waals surface area contributed by atoms with Crippen molar-refractivity contribution in [3.63, 3.8) is 0 Å². The number of rotatable bonds is 8. The molecule has 0 unspecified atom stereocenters. The van der Waals surface area contributed by atoms with E-state index < -0.39 is 5.91 Å². The maximum atomic E-state index is 11.0. The Balaban J connectivity index is 1.50. The van der Waals surface area contributed by atoms with Crippen LogP contribution in [0.15, 0.2) is 54.7 Å². The molecule has 140 valence electrons. The molecular formula is C21H23N3O3. The number of benzene rings is 2. The smallest absolute Gasteiger partial charge is 0.267 e. The minimum atomic E-state index is -0.546. The van der Waals surface area contributed by atoms with Gasteiger partial charge < -0.3 is 15.0 Å². The molecule has 0 bridgehead atoms. The number of methoxy groups -OCH3 is 1. The number of hydroxylamine groups is 1. The zero-order valence-corrected chi connectivity index (χ0v) is 15.2. The number of H-pyrrole nitrogens is 1. The molecule has 0 aliphatic rings. The first-order valence-corrected chi connectivity index (χ1v) is 8.75. The molecule has 27 heavy (non-hydrogen) atoms. The van der Waals surface area contributed by atoms with Crippen LogP contribution in [0.5, 0.6) is 5.75 Å². The first kappa shape index (κ1) is 18.7. The van der Waals surface area contributed by atoms with E-state index in [1.165, 1.54) is 22.6 Å². The lowest BCUT2D eigenvalue weighted by atomic mass is 10.1. The third kappa shape index (κ3) is 4.97. The summed E-state index contributed by atoms with van der Waals surface area (Å²) in [5.41, 5.74) is 6.01. The minimum Gasteiger partial charge on any atom is -0.497 e. The Morgan fingerprint density at radius 3 is 2.78 bits per heavy atom. The van der Waals surface area contributed by atoms with Crippen LogP contribution in [-0.4, -0.2) is 29.8 Å². The van der Waals surface area contributed by atoms with Crippen molar-refractivity contribution in [2.24, 2.45) is 0 Å². The standard InChI is InChI=1S/C21H23N3O3/c1-27-18-7-8-20-19(12-18)17(14-23-20)10-11-22-13-16-4-2-15(3-5-16)6-9-21(25)24-26/h2-9,12,14,22-23,26H,10-11,13H2,1H3,(H,24,25)/b9-6+. The van der Waals surface area contributed by atoms with Crippen LogP contribution in [0.25, 0.3) is 17.0 Å². The number of aromatic amines is 1. The summed E-state index contributed by atoms with van der Waals surface area (Å²) in [5.74, 6) is 0.317. The maximum Gasteiger partial charge on any atom is 0.267 e. The quantitative estimate of drug-likeness (QED) is 0.214. The summed E-state index contributed by atoms with van der Waals surface area (Å²) in [6.45, 7) is 1.63. The van der Waals surface area contributed by atoms with Crippen molar-refractivity contribution < 1.29 is 14.7 Å². The van der Waals surface area contributed by atoms with Gasteiger partial charge in [0.1, 0.15) is 5.75 Å². The van der Waals surface area contributed by atoms with Crippen molar-refractivity contribution in [2.75, 3.05) is 13.7 Å². The van der Waals surface area contributed by atoms with Crippen LogP contribution >= 0.6 is 0 Å². The van der Waals surface area contributed by atoms with Crippen molar-refractivity contribution in [3.05, 3.63) is 71.4 Å². The predicted octanol–water partition coefficient (Wildman–Crippen LogP) is 3.03. The predicted molar refractivity (Wildman–Crippen MR) is 106 cm³/mol. The number of carbonyl (C=O) groups is 1. The number of nitrogens with one attached hydrogen (secondary N) is 3. The Morgan fingerprint density at radius 1 is 1.22 bits per heavy atom. The fourth-order valence-electron chi connectivity index (χ4n) is 2.90. The fourth-order valence-corrected chi connectivity index (χ4v) is 2.90. The Labute approximate surface area is 157 Å². The summed E-state index contributed by atoms with van der Waals surface area (Å²) < 4.78 is 5.31. The number of ether oxygens (including phenoxy) is 1. The van der Waals surface area contributed by atoms with E-state index in [0.29, 0.717) is 0 Å².